The predicted octanol–water partition coefficient (Wildman–Crippen LogP) is 1.63. The van der Waals surface area contributed by atoms with Crippen LogP contribution in [-0.2, 0) is 9.47 Å². The number of aromatic nitrogens is 1. The number of oxazole rings is 1. The fraction of sp³-hybridized carbons (Fsp3) is 0.273. The number of nitrogens with zero attached hydrogens (tertiary/aromatic N) is 1. The van der Waals surface area contributed by atoms with Crippen molar-refractivity contribution in [3.8, 4) is 0 Å². The van der Waals surface area contributed by atoms with Crippen LogP contribution in [0.25, 0.3) is 11.1 Å². The van der Waals surface area contributed by atoms with Crippen molar-refractivity contribution in [2.45, 2.75) is 6.29 Å². The highest BCUT2D eigenvalue weighted by Crippen LogP contribution is 2.16. The number of benzene rings is 1. The Morgan fingerprint density at radius 2 is 2.12 bits per heavy atom. The molecule has 0 amide bonds. The molecule has 0 saturated carbocycles. The third kappa shape index (κ3) is 1.82. The molecule has 1 aromatic heterocycles. The van der Waals surface area contributed by atoms with Crippen molar-refractivity contribution in [2.24, 2.45) is 0 Å². The van der Waals surface area contributed by atoms with Crippen LogP contribution in [0.3, 0.4) is 0 Å². The van der Waals surface area contributed by atoms with Crippen LogP contribution >= 0.6 is 0 Å². The van der Waals surface area contributed by atoms with Gasteiger partial charge in [0.25, 0.3) is 0 Å². The van der Waals surface area contributed by atoms with Crippen LogP contribution in [0.1, 0.15) is 10.4 Å². The van der Waals surface area contributed by atoms with E-state index in [2.05, 4.69) is 4.98 Å². The van der Waals surface area contributed by atoms with Crippen LogP contribution in [0, 0.1) is 0 Å². The van der Waals surface area contributed by atoms with Crippen LogP contribution in [0.15, 0.2) is 29.0 Å². The molecule has 2 aromatic rings. The maximum atomic E-state index is 11.9. The van der Waals surface area contributed by atoms with Crippen molar-refractivity contribution in [1.82, 2.24) is 4.98 Å². The van der Waals surface area contributed by atoms with E-state index in [0.29, 0.717) is 16.7 Å². The summed E-state index contributed by atoms with van der Waals surface area (Å²) < 4.78 is 14.9. The molecule has 5 nitrogen and oxygen atoms in total. The van der Waals surface area contributed by atoms with Crippen LogP contribution < -0.4 is 0 Å². The first kappa shape index (κ1) is 10.8. The molecule has 0 atom stereocenters. The lowest BCUT2D eigenvalue weighted by molar-refractivity contribution is -0.0742. The number of methoxy groups -OCH3 is 2. The van der Waals surface area contributed by atoms with Crippen molar-refractivity contribution in [2.75, 3.05) is 14.2 Å². The van der Waals surface area contributed by atoms with Gasteiger partial charge in [0.05, 0.1) is 0 Å². The number of rotatable bonds is 4. The van der Waals surface area contributed by atoms with Gasteiger partial charge < -0.3 is 13.9 Å². The van der Waals surface area contributed by atoms with E-state index in [1.54, 1.807) is 18.2 Å². The molecule has 0 radical (unpaired) electrons. The molecule has 0 unspecified atom stereocenters. The van der Waals surface area contributed by atoms with E-state index in [0.717, 1.165) is 0 Å². The highest BCUT2D eigenvalue weighted by atomic mass is 16.7. The first-order valence-electron chi connectivity index (χ1n) is 4.69. The van der Waals surface area contributed by atoms with Crippen molar-refractivity contribution in [3.05, 3.63) is 30.2 Å². The van der Waals surface area contributed by atoms with Gasteiger partial charge >= 0.3 is 0 Å². The van der Waals surface area contributed by atoms with Crippen LogP contribution in [0.4, 0.5) is 0 Å². The molecule has 1 heterocycles. The Balaban J connectivity index is 2.35. The van der Waals surface area contributed by atoms with E-state index >= 15 is 0 Å². The Hall–Kier alpha value is -1.72. The molecule has 0 spiro atoms. The number of ketones is 1. The summed E-state index contributed by atoms with van der Waals surface area (Å²) in [5.41, 5.74) is 1.75. The third-order valence-corrected chi connectivity index (χ3v) is 2.26. The summed E-state index contributed by atoms with van der Waals surface area (Å²) in [5, 5.41) is 0. The smallest absolute Gasteiger partial charge is 0.222 e. The lowest BCUT2D eigenvalue weighted by Gasteiger charge is -2.11. The van der Waals surface area contributed by atoms with Gasteiger partial charge in [-0.05, 0) is 18.2 Å². The van der Waals surface area contributed by atoms with Crippen molar-refractivity contribution >= 4 is 16.9 Å². The Labute approximate surface area is 92.0 Å². The number of Topliss-reactive ketones (excluding diaryl/α,β-unsaturated/α-hetero) is 1. The first-order valence-corrected chi connectivity index (χ1v) is 4.69. The Kier molecular flexibility index (Phi) is 2.98. The number of carbonyl (C=O) groups is 1. The predicted molar refractivity (Wildman–Crippen MR) is 56.1 cm³/mol. The summed E-state index contributed by atoms with van der Waals surface area (Å²) in [4.78, 5) is 15.8. The summed E-state index contributed by atoms with van der Waals surface area (Å²) in [5.74, 6) is -0.247. The van der Waals surface area contributed by atoms with Gasteiger partial charge in [-0.2, -0.15) is 0 Å². The lowest BCUT2D eigenvalue weighted by Crippen LogP contribution is -2.24. The average Bonchev–Trinajstić information content (AvgIpc) is 2.77. The average molecular weight is 221 g/mol. The van der Waals surface area contributed by atoms with Crippen LogP contribution in [0.5, 0.6) is 0 Å². The molecule has 0 fully saturated rings. The fourth-order valence-electron chi connectivity index (χ4n) is 1.45. The quantitative estimate of drug-likeness (QED) is 0.580. The molecule has 0 aliphatic heterocycles. The SMILES string of the molecule is COC(OC)C(=O)c1ccc2ncoc2c1. The molecule has 2 rings (SSSR count). The van der Waals surface area contributed by atoms with Crippen LogP contribution in [-0.4, -0.2) is 31.3 Å². The number of hydrogen-bond donors (Lipinski definition) is 0. The van der Waals surface area contributed by atoms with E-state index in [4.69, 9.17) is 13.9 Å². The molecule has 0 aliphatic carbocycles. The largest absolute Gasteiger partial charge is 0.443 e. The molecule has 84 valence electrons. The standard InChI is InChI=1S/C11H11NO4/c1-14-11(15-2)10(13)7-3-4-8-9(5-7)16-6-12-8/h3-6,11H,1-2H3. The molecule has 1 aromatic carbocycles. The fourth-order valence-corrected chi connectivity index (χ4v) is 1.45. The Morgan fingerprint density at radius 3 is 2.81 bits per heavy atom. The number of hydrogen-bond acceptors (Lipinski definition) is 5. The summed E-state index contributed by atoms with van der Waals surface area (Å²) >= 11 is 0. The minimum Gasteiger partial charge on any atom is -0.443 e. The molecule has 0 saturated heterocycles. The van der Waals surface area contributed by atoms with E-state index < -0.39 is 6.29 Å². The van der Waals surface area contributed by atoms with Crippen molar-refractivity contribution in [1.29, 1.82) is 0 Å². The van der Waals surface area contributed by atoms with Crippen molar-refractivity contribution in [3.63, 3.8) is 0 Å². The lowest BCUT2D eigenvalue weighted by atomic mass is 10.1. The van der Waals surface area contributed by atoms with Gasteiger partial charge in [-0.1, -0.05) is 0 Å². The zero-order valence-corrected chi connectivity index (χ0v) is 8.97. The second kappa shape index (κ2) is 4.42. The van der Waals surface area contributed by atoms with Gasteiger partial charge in [-0.25, -0.2) is 4.98 Å². The van der Waals surface area contributed by atoms with Crippen molar-refractivity contribution < 1.29 is 18.7 Å². The molecule has 0 N–H and O–H groups in total. The van der Waals surface area contributed by atoms with Gasteiger partial charge in [-0.15, -0.1) is 0 Å². The summed E-state index contributed by atoms with van der Waals surface area (Å²) in [6.45, 7) is 0. The van der Waals surface area contributed by atoms with E-state index in [1.807, 2.05) is 0 Å². The molecule has 5 heteroatoms. The summed E-state index contributed by atoms with van der Waals surface area (Å²) in [6.07, 6.45) is 0.448. The van der Waals surface area contributed by atoms with E-state index in [-0.39, 0.29) is 5.78 Å². The molecule has 0 bridgehead atoms. The number of fused-ring (bicyclic) bond motifs is 1. The first-order chi connectivity index (χ1) is 7.76. The molecular weight excluding hydrogens is 210 g/mol. The van der Waals surface area contributed by atoms with Gasteiger partial charge in [0.1, 0.15) is 5.52 Å². The highest BCUT2D eigenvalue weighted by molar-refractivity contribution is 6.00. The third-order valence-electron chi connectivity index (χ3n) is 2.26. The minimum atomic E-state index is -0.889. The highest BCUT2D eigenvalue weighted by Gasteiger charge is 2.19. The zero-order valence-electron chi connectivity index (χ0n) is 8.97. The van der Waals surface area contributed by atoms with Gasteiger partial charge in [0, 0.05) is 19.8 Å². The maximum absolute atomic E-state index is 11.9. The van der Waals surface area contributed by atoms with Gasteiger partial charge in [0.2, 0.25) is 12.1 Å². The molecule has 0 aliphatic rings. The summed E-state index contributed by atoms with van der Waals surface area (Å²) in [7, 11) is 2.83. The van der Waals surface area contributed by atoms with E-state index in [9.17, 15) is 4.79 Å². The Bertz CT molecular complexity index is 501. The zero-order chi connectivity index (χ0) is 11.5. The second-order valence-corrected chi connectivity index (χ2v) is 3.20. The van der Waals surface area contributed by atoms with Gasteiger partial charge in [0.15, 0.2) is 12.0 Å². The molecular formula is C11H11NO4. The number of ether oxygens (including phenoxy) is 2. The monoisotopic (exact) mass is 221 g/mol. The van der Waals surface area contributed by atoms with Gasteiger partial charge in [-0.3, -0.25) is 4.79 Å². The number of carbonyl (C=O) groups excluding carboxylic acids is 1. The topological polar surface area (TPSA) is 61.6 Å². The second-order valence-electron chi connectivity index (χ2n) is 3.20. The molecule has 16 heavy (non-hydrogen) atoms. The Morgan fingerprint density at radius 1 is 1.38 bits per heavy atom. The minimum absolute atomic E-state index is 0.247. The van der Waals surface area contributed by atoms with E-state index in [1.165, 1.54) is 20.6 Å². The van der Waals surface area contributed by atoms with Crippen LogP contribution in [0.2, 0.25) is 0 Å². The summed E-state index contributed by atoms with van der Waals surface area (Å²) in [6, 6.07) is 5.00. The maximum Gasteiger partial charge on any atom is 0.222 e. The normalized spacial score (nSPS) is 11.2.